The fourth-order valence-corrected chi connectivity index (χ4v) is 1.59. The number of nitrogen functional groups attached to an aromatic ring is 1. The molecule has 3 N–H and O–H groups in total. The van der Waals surface area contributed by atoms with Crippen LogP contribution in [0.1, 0.15) is 16.1 Å². The Hall–Kier alpha value is -2.60. The predicted octanol–water partition coefficient (Wildman–Crippen LogP) is 1.73. The van der Waals surface area contributed by atoms with Crippen LogP contribution in [0, 0.1) is 0 Å². The normalized spacial score (nSPS) is 10.1. The van der Waals surface area contributed by atoms with Crippen LogP contribution in [0.4, 0.5) is 5.69 Å². The van der Waals surface area contributed by atoms with Crippen LogP contribution >= 0.6 is 0 Å². The lowest BCUT2D eigenvalue weighted by molar-refractivity contribution is 0.0593. The van der Waals surface area contributed by atoms with Crippen LogP contribution in [0.3, 0.4) is 0 Å². The van der Waals surface area contributed by atoms with Gasteiger partial charge < -0.3 is 20.3 Å². The van der Waals surface area contributed by atoms with Crippen LogP contribution in [-0.4, -0.2) is 23.2 Å². The van der Waals surface area contributed by atoms with E-state index >= 15 is 0 Å². The van der Waals surface area contributed by atoms with Crippen LogP contribution < -0.4 is 10.5 Å². The number of carbonyl (C=O) groups is 1. The molecule has 0 atom stereocenters. The molecule has 1 aromatic carbocycles. The van der Waals surface area contributed by atoms with Crippen molar-refractivity contribution >= 4 is 11.7 Å². The van der Waals surface area contributed by atoms with Gasteiger partial charge in [-0.15, -0.1) is 0 Å². The van der Waals surface area contributed by atoms with Crippen LogP contribution in [0.15, 0.2) is 36.4 Å². The third kappa shape index (κ3) is 2.86. The van der Waals surface area contributed by atoms with Gasteiger partial charge in [-0.05, 0) is 18.2 Å². The van der Waals surface area contributed by atoms with Gasteiger partial charge in [0.15, 0.2) is 5.69 Å². The summed E-state index contributed by atoms with van der Waals surface area (Å²) in [6.07, 6.45) is 0. The summed E-state index contributed by atoms with van der Waals surface area (Å²) in [5, 5.41) is 9.24. The van der Waals surface area contributed by atoms with Crippen molar-refractivity contribution in [2.24, 2.45) is 0 Å². The summed E-state index contributed by atoms with van der Waals surface area (Å²) in [6.45, 7) is -0.174. The van der Waals surface area contributed by atoms with E-state index in [1.54, 1.807) is 24.3 Å². The highest BCUT2D eigenvalue weighted by molar-refractivity contribution is 5.87. The Morgan fingerprint density at radius 3 is 2.75 bits per heavy atom. The first-order valence-corrected chi connectivity index (χ1v) is 5.87. The second kappa shape index (κ2) is 6.03. The minimum atomic E-state index is -0.578. The monoisotopic (exact) mass is 274 g/mol. The molecule has 20 heavy (non-hydrogen) atoms. The molecule has 0 saturated carbocycles. The smallest absolute Gasteiger partial charge is 0.356 e. The number of aliphatic hydroxyl groups excluding tert-OH is 1. The van der Waals surface area contributed by atoms with Gasteiger partial charge in [0.2, 0.25) is 5.88 Å². The third-order valence-electron chi connectivity index (χ3n) is 2.63. The lowest BCUT2D eigenvalue weighted by Crippen LogP contribution is -2.06. The lowest BCUT2D eigenvalue weighted by atomic mass is 10.2. The summed E-state index contributed by atoms with van der Waals surface area (Å²) in [5.74, 6) is -0.0599. The van der Waals surface area contributed by atoms with Crippen LogP contribution in [0.25, 0.3) is 0 Å². The van der Waals surface area contributed by atoms with E-state index in [2.05, 4.69) is 9.72 Å². The number of ether oxygens (including phenoxy) is 2. The minimum absolute atomic E-state index is 0.0915. The van der Waals surface area contributed by atoms with Crippen molar-refractivity contribution in [1.82, 2.24) is 4.98 Å². The van der Waals surface area contributed by atoms with E-state index in [4.69, 9.17) is 10.5 Å². The van der Waals surface area contributed by atoms with Gasteiger partial charge in [0.05, 0.1) is 19.4 Å². The molecule has 0 amide bonds. The predicted molar refractivity (Wildman–Crippen MR) is 72.4 cm³/mol. The Labute approximate surface area is 115 Å². The number of hydrogen-bond donors (Lipinski definition) is 2. The molecule has 0 aliphatic heterocycles. The number of benzene rings is 1. The number of hydrogen-bond acceptors (Lipinski definition) is 6. The van der Waals surface area contributed by atoms with E-state index in [9.17, 15) is 9.90 Å². The van der Waals surface area contributed by atoms with E-state index in [0.29, 0.717) is 11.3 Å². The van der Waals surface area contributed by atoms with Crippen molar-refractivity contribution in [1.29, 1.82) is 0 Å². The van der Waals surface area contributed by atoms with Crippen molar-refractivity contribution in [2.45, 2.75) is 6.61 Å². The highest BCUT2D eigenvalue weighted by Gasteiger charge is 2.13. The minimum Gasteiger partial charge on any atom is -0.464 e. The summed E-state index contributed by atoms with van der Waals surface area (Å²) in [5.41, 5.74) is 6.74. The summed E-state index contributed by atoms with van der Waals surface area (Å²) in [4.78, 5) is 15.4. The van der Waals surface area contributed by atoms with Crippen molar-refractivity contribution in [2.75, 3.05) is 12.8 Å². The van der Waals surface area contributed by atoms with Crippen LogP contribution in [0.5, 0.6) is 11.6 Å². The number of rotatable bonds is 4. The fourth-order valence-electron chi connectivity index (χ4n) is 1.59. The van der Waals surface area contributed by atoms with Gasteiger partial charge in [0.25, 0.3) is 0 Å². The van der Waals surface area contributed by atoms with Crippen LogP contribution in [-0.2, 0) is 11.3 Å². The highest BCUT2D eigenvalue weighted by atomic mass is 16.5. The second-order valence-electron chi connectivity index (χ2n) is 3.95. The van der Waals surface area contributed by atoms with Crippen molar-refractivity contribution in [3.8, 4) is 11.6 Å². The molecule has 2 aromatic rings. The first-order chi connectivity index (χ1) is 9.65. The number of esters is 1. The Balaban J connectivity index is 2.35. The van der Waals surface area contributed by atoms with Gasteiger partial charge in [0, 0.05) is 5.56 Å². The number of aliphatic hydroxyl groups is 1. The maximum Gasteiger partial charge on any atom is 0.356 e. The number of nitrogens with two attached hydrogens (primary N) is 1. The molecule has 0 aliphatic carbocycles. The van der Waals surface area contributed by atoms with E-state index < -0.39 is 5.97 Å². The zero-order chi connectivity index (χ0) is 14.5. The van der Waals surface area contributed by atoms with Gasteiger partial charge >= 0.3 is 5.97 Å². The first kappa shape index (κ1) is 13.8. The Morgan fingerprint density at radius 1 is 1.30 bits per heavy atom. The maximum atomic E-state index is 11.4. The van der Waals surface area contributed by atoms with Gasteiger partial charge in [-0.1, -0.05) is 18.2 Å². The zero-order valence-corrected chi connectivity index (χ0v) is 10.9. The quantitative estimate of drug-likeness (QED) is 0.824. The molecule has 0 aliphatic rings. The summed E-state index contributed by atoms with van der Waals surface area (Å²) < 4.78 is 10.2. The molecule has 0 spiro atoms. The average Bonchev–Trinajstić information content (AvgIpc) is 2.49. The summed E-state index contributed by atoms with van der Waals surface area (Å²) in [7, 11) is 1.27. The molecule has 0 unspecified atom stereocenters. The Bertz CT molecular complexity index is 628. The SMILES string of the molecule is COC(=O)c1ccc(N)c(Oc2ccccc2CO)n1. The van der Waals surface area contributed by atoms with Crippen LogP contribution in [0.2, 0.25) is 0 Å². The van der Waals surface area contributed by atoms with E-state index in [1.807, 2.05) is 0 Å². The van der Waals surface area contributed by atoms with Gasteiger partial charge in [-0.25, -0.2) is 9.78 Å². The highest BCUT2D eigenvalue weighted by Crippen LogP contribution is 2.28. The van der Waals surface area contributed by atoms with Gasteiger partial charge in [0.1, 0.15) is 5.75 Å². The number of anilines is 1. The number of para-hydroxylation sites is 1. The molecule has 2 rings (SSSR count). The fraction of sp³-hybridized carbons (Fsp3) is 0.143. The molecule has 1 heterocycles. The zero-order valence-electron chi connectivity index (χ0n) is 10.9. The number of methoxy groups -OCH3 is 1. The molecular formula is C14H14N2O4. The van der Waals surface area contributed by atoms with E-state index in [1.165, 1.54) is 19.2 Å². The molecule has 0 saturated heterocycles. The molecule has 0 radical (unpaired) electrons. The molecule has 6 heteroatoms. The molecular weight excluding hydrogens is 260 g/mol. The largest absolute Gasteiger partial charge is 0.464 e. The van der Waals surface area contributed by atoms with Crippen molar-refractivity contribution < 1.29 is 19.4 Å². The van der Waals surface area contributed by atoms with E-state index in [0.717, 1.165) is 0 Å². The second-order valence-corrected chi connectivity index (χ2v) is 3.95. The number of carbonyl (C=O) groups excluding carboxylic acids is 1. The van der Waals surface area contributed by atoms with Gasteiger partial charge in [-0.2, -0.15) is 0 Å². The molecule has 0 bridgehead atoms. The lowest BCUT2D eigenvalue weighted by Gasteiger charge is -2.11. The Morgan fingerprint density at radius 2 is 2.05 bits per heavy atom. The summed E-state index contributed by atoms with van der Waals surface area (Å²) in [6, 6.07) is 9.89. The molecule has 0 fully saturated rings. The van der Waals surface area contributed by atoms with Crippen molar-refractivity contribution in [3.05, 3.63) is 47.7 Å². The number of aromatic nitrogens is 1. The summed E-state index contributed by atoms with van der Waals surface area (Å²) >= 11 is 0. The average molecular weight is 274 g/mol. The number of pyridine rings is 1. The Kier molecular flexibility index (Phi) is 4.17. The molecule has 6 nitrogen and oxygen atoms in total. The molecule has 1 aromatic heterocycles. The maximum absolute atomic E-state index is 11.4. The van der Waals surface area contributed by atoms with Crippen molar-refractivity contribution in [3.63, 3.8) is 0 Å². The standard InChI is InChI=1S/C14H14N2O4/c1-19-14(18)11-7-6-10(15)13(16-11)20-12-5-3-2-4-9(12)8-17/h2-7,17H,8,15H2,1H3. The van der Waals surface area contributed by atoms with Gasteiger partial charge in [-0.3, -0.25) is 0 Å². The van der Waals surface area contributed by atoms with E-state index in [-0.39, 0.29) is 23.9 Å². The third-order valence-corrected chi connectivity index (χ3v) is 2.63. The first-order valence-electron chi connectivity index (χ1n) is 5.87. The number of nitrogens with zero attached hydrogens (tertiary/aromatic N) is 1. The topological polar surface area (TPSA) is 94.7 Å². The molecule has 104 valence electrons.